The molecular weight excluding hydrogens is 400 g/mol. The second-order valence-electron chi connectivity index (χ2n) is 7.29. The Balaban J connectivity index is 1.58. The van der Waals surface area contributed by atoms with Gasteiger partial charge in [0, 0.05) is 24.1 Å². The van der Waals surface area contributed by atoms with Crippen molar-refractivity contribution in [3.8, 4) is 5.75 Å². The zero-order chi connectivity index (χ0) is 21.7. The highest BCUT2D eigenvalue weighted by molar-refractivity contribution is 7.99. The van der Waals surface area contributed by atoms with E-state index in [0.29, 0.717) is 24.2 Å². The van der Waals surface area contributed by atoms with Crippen molar-refractivity contribution in [2.45, 2.75) is 45.5 Å². The van der Waals surface area contributed by atoms with Crippen LogP contribution in [0.5, 0.6) is 5.75 Å². The molecule has 0 spiro atoms. The van der Waals surface area contributed by atoms with Gasteiger partial charge in [0.25, 0.3) is 0 Å². The van der Waals surface area contributed by atoms with E-state index in [1.165, 1.54) is 11.8 Å². The van der Waals surface area contributed by atoms with Crippen molar-refractivity contribution < 1.29 is 14.3 Å². The lowest BCUT2D eigenvalue weighted by atomic mass is 10.2. The molecule has 2 heterocycles. The zero-order valence-corrected chi connectivity index (χ0v) is 18.9. The van der Waals surface area contributed by atoms with Crippen LogP contribution in [0.1, 0.15) is 46.1 Å². The van der Waals surface area contributed by atoms with Crippen LogP contribution < -0.4 is 4.74 Å². The van der Waals surface area contributed by atoms with Crippen LogP contribution in [0, 0.1) is 20.8 Å². The van der Waals surface area contributed by atoms with Crippen LogP contribution in [-0.2, 0) is 11.3 Å². The molecule has 0 saturated carbocycles. The van der Waals surface area contributed by atoms with E-state index in [9.17, 15) is 4.79 Å². The average molecular weight is 429 g/mol. The first-order valence-electron chi connectivity index (χ1n) is 9.83. The van der Waals surface area contributed by atoms with Gasteiger partial charge < -0.3 is 14.0 Å². The number of benzene rings is 1. The van der Waals surface area contributed by atoms with E-state index in [-0.39, 0.29) is 17.6 Å². The Morgan fingerprint density at radius 3 is 2.77 bits per heavy atom. The number of aromatic amines is 1. The third-order valence-corrected chi connectivity index (χ3v) is 5.78. The summed E-state index contributed by atoms with van der Waals surface area (Å²) in [5.74, 6) is 1.78. The van der Waals surface area contributed by atoms with Crippen LogP contribution in [0.3, 0.4) is 0 Å². The van der Waals surface area contributed by atoms with Crippen LogP contribution in [0.25, 0.3) is 0 Å². The van der Waals surface area contributed by atoms with Crippen molar-refractivity contribution >= 4 is 17.5 Å². The number of hydrogen-bond acceptors (Lipinski definition) is 6. The SMILES string of the molecule is COC[C@H](C)n1c(C)cc(C(=O)CSc2n[nH]c(COc3ccccc3C)n2)c1C. The molecule has 1 N–H and O–H groups in total. The largest absolute Gasteiger partial charge is 0.485 e. The minimum absolute atomic E-state index is 0.0616. The first-order chi connectivity index (χ1) is 14.4. The van der Waals surface area contributed by atoms with Crippen molar-refractivity contribution in [3.63, 3.8) is 0 Å². The number of ether oxygens (including phenoxy) is 2. The van der Waals surface area contributed by atoms with Crippen molar-refractivity contribution in [1.82, 2.24) is 19.7 Å². The average Bonchev–Trinajstić information content (AvgIpc) is 3.29. The molecule has 0 radical (unpaired) electrons. The number of carbonyl (C=O) groups excluding carboxylic acids is 1. The summed E-state index contributed by atoms with van der Waals surface area (Å²) in [6.07, 6.45) is 0. The highest BCUT2D eigenvalue weighted by atomic mass is 32.2. The molecule has 8 heteroatoms. The second kappa shape index (κ2) is 9.95. The fourth-order valence-electron chi connectivity index (χ4n) is 3.53. The maximum atomic E-state index is 12.8. The van der Waals surface area contributed by atoms with Crippen LogP contribution in [-0.4, -0.2) is 45.0 Å². The standard InChI is InChI=1S/C22H28N4O3S/c1-14-8-6-7-9-20(14)29-12-21-23-22(25-24-21)30-13-19(27)18-10-15(2)26(17(18)4)16(3)11-28-5/h6-10,16H,11-13H2,1-5H3,(H,23,24,25)/t16-/m0/s1. The van der Waals surface area contributed by atoms with Gasteiger partial charge in [0.15, 0.2) is 11.6 Å². The van der Waals surface area contributed by atoms with Gasteiger partial charge in [-0.25, -0.2) is 4.98 Å². The molecule has 0 bridgehead atoms. The molecule has 7 nitrogen and oxygen atoms in total. The van der Waals surface area contributed by atoms with E-state index >= 15 is 0 Å². The van der Waals surface area contributed by atoms with Crippen LogP contribution in [0.4, 0.5) is 0 Å². The number of ketones is 1. The number of nitrogens with one attached hydrogen (secondary N) is 1. The maximum Gasteiger partial charge on any atom is 0.208 e. The summed E-state index contributed by atoms with van der Waals surface area (Å²) < 4.78 is 13.2. The number of nitrogens with zero attached hydrogens (tertiary/aromatic N) is 3. The molecule has 0 aliphatic rings. The van der Waals surface area contributed by atoms with Crippen LogP contribution in [0.2, 0.25) is 0 Å². The molecule has 0 fully saturated rings. The Morgan fingerprint density at radius 2 is 2.03 bits per heavy atom. The predicted molar refractivity (Wildman–Crippen MR) is 117 cm³/mol. The Morgan fingerprint density at radius 1 is 1.27 bits per heavy atom. The fourth-order valence-corrected chi connectivity index (χ4v) is 4.23. The van der Waals surface area contributed by atoms with E-state index in [4.69, 9.17) is 9.47 Å². The topological polar surface area (TPSA) is 82.0 Å². The Labute approximate surface area is 181 Å². The van der Waals surface area contributed by atoms with Crippen LogP contribution >= 0.6 is 11.8 Å². The molecular formula is C22H28N4O3S. The van der Waals surface area contributed by atoms with Gasteiger partial charge in [-0.2, -0.15) is 0 Å². The number of H-pyrrole nitrogens is 1. The van der Waals surface area contributed by atoms with Gasteiger partial charge in [-0.3, -0.25) is 9.89 Å². The van der Waals surface area contributed by atoms with Gasteiger partial charge in [-0.15, -0.1) is 5.10 Å². The molecule has 1 atom stereocenters. The lowest BCUT2D eigenvalue weighted by Gasteiger charge is -2.17. The van der Waals surface area contributed by atoms with E-state index in [1.807, 2.05) is 51.1 Å². The van der Waals surface area contributed by atoms with E-state index < -0.39 is 0 Å². The molecule has 0 saturated heterocycles. The number of rotatable bonds is 10. The molecule has 3 rings (SSSR count). The monoisotopic (exact) mass is 428 g/mol. The number of aromatic nitrogens is 4. The van der Waals surface area contributed by atoms with Crippen LogP contribution in [0.15, 0.2) is 35.5 Å². The first kappa shape index (κ1) is 22.1. The summed E-state index contributed by atoms with van der Waals surface area (Å²) in [5.41, 5.74) is 3.82. The number of methoxy groups -OCH3 is 1. The molecule has 0 amide bonds. The minimum atomic E-state index is 0.0616. The molecule has 0 aliphatic heterocycles. The highest BCUT2D eigenvalue weighted by Crippen LogP contribution is 2.23. The summed E-state index contributed by atoms with van der Waals surface area (Å²) >= 11 is 1.32. The molecule has 2 aromatic heterocycles. The van der Waals surface area contributed by atoms with E-state index in [1.54, 1.807) is 7.11 Å². The van der Waals surface area contributed by atoms with Crippen molar-refractivity contribution in [2.75, 3.05) is 19.5 Å². The third kappa shape index (κ3) is 5.12. The molecule has 0 unspecified atom stereocenters. The van der Waals surface area contributed by atoms with Gasteiger partial charge in [0.05, 0.1) is 18.4 Å². The summed E-state index contributed by atoms with van der Waals surface area (Å²) in [6, 6.07) is 9.94. The van der Waals surface area contributed by atoms with Gasteiger partial charge in [-0.1, -0.05) is 30.0 Å². The normalized spacial score (nSPS) is 12.2. The van der Waals surface area contributed by atoms with Crippen molar-refractivity contribution in [2.24, 2.45) is 0 Å². The van der Waals surface area contributed by atoms with Gasteiger partial charge in [0.2, 0.25) is 5.16 Å². The maximum absolute atomic E-state index is 12.8. The number of hydrogen-bond donors (Lipinski definition) is 1. The van der Waals surface area contributed by atoms with Crippen molar-refractivity contribution in [1.29, 1.82) is 0 Å². The molecule has 1 aromatic carbocycles. The fraction of sp³-hybridized carbons (Fsp3) is 0.409. The Kier molecular flexibility index (Phi) is 7.33. The van der Waals surface area contributed by atoms with Crippen molar-refractivity contribution in [3.05, 3.63) is 58.7 Å². The summed E-state index contributed by atoms with van der Waals surface area (Å²) in [5, 5.41) is 7.60. The quantitative estimate of drug-likeness (QED) is 0.383. The number of thioether (sulfide) groups is 1. The lowest BCUT2D eigenvalue weighted by molar-refractivity contribution is 0.102. The molecule has 3 aromatic rings. The number of aryl methyl sites for hydroxylation is 2. The number of para-hydroxylation sites is 1. The Hall–Kier alpha value is -2.58. The molecule has 0 aliphatic carbocycles. The van der Waals surface area contributed by atoms with E-state index in [2.05, 4.69) is 26.7 Å². The van der Waals surface area contributed by atoms with Gasteiger partial charge in [0.1, 0.15) is 12.4 Å². The third-order valence-electron chi connectivity index (χ3n) is 4.93. The van der Waals surface area contributed by atoms with Gasteiger partial charge in [-0.05, 0) is 45.4 Å². The second-order valence-corrected chi connectivity index (χ2v) is 8.23. The summed E-state index contributed by atoms with van der Waals surface area (Å²) in [7, 11) is 1.69. The minimum Gasteiger partial charge on any atom is -0.485 e. The highest BCUT2D eigenvalue weighted by Gasteiger charge is 2.19. The smallest absolute Gasteiger partial charge is 0.208 e. The summed E-state index contributed by atoms with van der Waals surface area (Å²) in [4.78, 5) is 17.2. The summed E-state index contributed by atoms with van der Waals surface area (Å²) in [6.45, 7) is 8.97. The van der Waals surface area contributed by atoms with Gasteiger partial charge >= 0.3 is 0 Å². The first-order valence-corrected chi connectivity index (χ1v) is 10.8. The molecule has 30 heavy (non-hydrogen) atoms. The predicted octanol–water partition coefficient (Wildman–Crippen LogP) is 4.29. The van der Waals surface area contributed by atoms with E-state index in [0.717, 1.165) is 28.3 Å². The number of Topliss-reactive ketones (excluding diaryl/α,β-unsaturated/α-hetero) is 1. The molecule has 160 valence electrons. The lowest BCUT2D eigenvalue weighted by Crippen LogP contribution is -2.14. The number of carbonyl (C=O) groups is 1. The Bertz CT molecular complexity index is 1010. The zero-order valence-electron chi connectivity index (χ0n) is 18.1.